The second kappa shape index (κ2) is 6.96. The maximum atomic E-state index is 12.3. The van der Waals surface area contributed by atoms with Gasteiger partial charge in [0.05, 0.1) is 13.0 Å². The van der Waals surface area contributed by atoms with E-state index in [1.54, 1.807) is 12.0 Å². The Balaban J connectivity index is 1.65. The van der Waals surface area contributed by atoms with Crippen LogP contribution in [0.3, 0.4) is 0 Å². The lowest BCUT2D eigenvalue weighted by molar-refractivity contribution is -0.128. The van der Waals surface area contributed by atoms with Crippen molar-refractivity contribution in [3.8, 4) is 17.1 Å². The summed E-state index contributed by atoms with van der Waals surface area (Å²) >= 11 is 1.13. The molecule has 8 heteroatoms. The summed E-state index contributed by atoms with van der Waals surface area (Å²) in [5.41, 5.74) is 0.848. The van der Waals surface area contributed by atoms with Gasteiger partial charge in [0, 0.05) is 36.6 Å². The topological polar surface area (TPSA) is 84.4 Å². The molecule has 24 heavy (non-hydrogen) atoms. The molecule has 1 fully saturated rings. The van der Waals surface area contributed by atoms with Crippen molar-refractivity contribution in [1.82, 2.24) is 14.3 Å². The summed E-state index contributed by atoms with van der Waals surface area (Å²) < 4.78 is 9.39. The van der Waals surface area contributed by atoms with E-state index in [9.17, 15) is 9.59 Å². The highest BCUT2D eigenvalue weighted by molar-refractivity contribution is 7.10. The van der Waals surface area contributed by atoms with E-state index in [2.05, 4.69) is 14.7 Å². The standard InChI is InChI=1S/C16H18N4O3S/c1-3-20-9-11(8-13(20)21)15(22)18-16-17-14(19-24-16)10-4-6-12(23-2)7-5-10/h4-7,11H,3,8-9H2,1-2H3,(H,17,18,19,22). The van der Waals surface area contributed by atoms with Gasteiger partial charge in [0.25, 0.3) is 0 Å². The molecule has 3 rings (SSSR count). The number of hydrogen-bond donors (Lipinski definition) is 1. The molecule has 1 N–H and O–H groups in total. The molecule has 0 bridgehead atoms. The smallest absolute Gasteiger partial charge is 0.231 e. The normalized spacial score (nSPS) is 17.2. The Morgan fingerprint density at radius 3 is 2.79 bits per heavy atom. The molecule has 1 aliphatic heterocycles. The molecule has 0 spiro atoms. The van der Waals surface area contributed by atoms with Gasteiger partial charge in [0.1, 0.15) is 5.75 Å². The van der Waals surface area contributed by atoms with Crippen LogP contribution in [0.25, 0.3) is 11.4 Å². The van der Waals surface area contributed by atoms with Crippen molar-refractivity contribution >= 4 is 28.5 Å². The summed E-state index contributed by atoms with van der Waals surface area (Å²) in [7, 11) is 1.61. The number of carbonyl (C=O) groups excluding carboxylic acids is 2. The number of hydrogen-bond acceptors (Lipinski definition) is 6. The molecule has 2 heterocycles. The molecule has 0 radical (unpaired) electrons. The summed E-state index contributed by atoms with van der Waals surface area (Å²) in [6.45, 7) is 3.00. The van der Waals surface area contributed by atoms with Gasteiger partial charge in [-0.2, -0.15) is 9.36 Å². The number of amides is 2. The zero-order valence-corrected chi connectivity index (χ0v) is 14.3. The summed E-state index contributed by atoms with van der Waals surface area (Å²) in [5, 5.41) is 3.20. The van der Waals surface area contributed by atoms with Crippen molar-refractivity contribution < 1.29 is 14.3 Å². The van der Waals surface area contributed by atoms with E-state index in [-0.39, 0.29) is 24.2 Å². The lowest BCUT2D eigenvalue weighted by atomic mass is 10.1. The summed E-state index contributed by atoms with van der Waals surface area (Å²) in [6, 6.07) is 7.39. The van der Waals surface area contributed by atoms with Crippen LogP contribution in [-0.2, 0) is 9.59 Å². The number of methoxy groups -OCH3 is 1. The molecular weight excluding hydrogens is 328 g/mol. The van der Waals surface area contributed by atoms with Gasteiger partial charge in [-0.3, -0.25) is 9.59 Å². The van der Waals surface area contributed by atoms with Crippen molar-refractivity contribution in [1.29, 1.82) is 0 Å². The molecule has 1 aromatic heterocycles. The molecule has 1 saturated heterocycles. The minimum Gasteiger partial charge on any atom is -0.497 e. The second-order valence-corrected chi connectivity index (χ2v) is 6.23. The molecule has 7 nitrogen and oxygen atoms in total. The molecule has 1 aliphatic rings. The molecular formula is C16H18N4O3S. The number of aromatic nitrogens is 2. The number of rotatable bonds is 5. The van der Waals surface area contributed by atoms with Crippen LogP contribution in [0.15, 0.2) is 24.3 Å². The Morgan fingerprint density at radius 2 is 2.17 bits per heavy atom. The number of nitrogens with one attached hydrogen (secondary N) is 1. The first-order chi connectivity index (χ1) is 11.6. The first kappa shape index (κ1) is 16.4. The van der Waals surface area contributed by atoms with E-state index >= 15 is 0 Å². The van der Waals surface area contributed by atoms with E-state index in [4.69, 9.17) is 4.74 Å². The predicted octanol–water partition coefficient (Wildman–Crippen LogP) is 2.02. The third-order valence-corrected chi connectivity index (χ3v) is 4.60. The second-order valence-electron chi connectivity index (χ2n) is 5.47. The van der Waals surface area contributed by atoms with Gasteiger partial charge < -0.3 is 15.0 Å². The van der Waals surface area contributed by atoms with Crippen molar-refractivity contribution in [2.45, 2.75) is 13.3 Å². The lowest BCUT2D eigenvalue weighted by Gasteiger charge is -2.12. The maximum Gasteiger partial charge on any atom is 0.231 e. The zero-order valence-electron chi connectivity index (χ0n) is 13.5. The van der Waals surface area contributed by atoms with Gasteiger partial charge in [-0.05, 0) is 31.2 Å². The van der Waals surface area contributed by atoms with Gasteiger partial charge in [0.15, 0.2) is 5.82 Å². The Hall–Kier alpha value is -2.48. The molecule has 2 aromatic rings. The van der Waals surface area contributed by atoms with Gasteiger partial charge in [-0.1, -0.05) is 0 Å². The van der Waals surface area contributed by atoms with E-state index < -0.39 is 0 Å². The Morgan fingerprint density at radius 1 is 1.42 bits per heavy atom. The monoisotopic (exact) mass is 346 g/mol. The fourth-order valence-corrected chi connectivity index (χ4v) is 3.19. The third-order valence-electron chi connectivity index (χ3n) is 3.97. The molecule has 126 valence electrons. The van der Waals surface area contributed by atoms with Crippen LogP contribution < -0.4 is 10.1 Å². The van der Waals surface area contributed by atoms with E-state index in [1.165, 1.54) is 0 Å². The maximum absolute atomic E-state index is 12.3. The zero-order chi connectivity index (χ0) is 17.1. The number of anilines is 1. The Kier molecular flexibility index (Phi) is 4.75. The minimum absolute atomic E-state index is 0.0221. The van der Waals surface area contributed by atoms with Crippen molar-refractivity contribution in [3.63, 3.8) is 0 Å². The quantitative estimate of drug-likeness (QED) is 0.895. The van der Waals surface area contributed by atoms with E-state index in [0.717, 1.165) is 22.8 Å². The van der Waals surface area contributed by atoms with E-state index in [1.807, 2.05) is 31.2 Å². The molecule has 1 unspecified atom stereocenters. The van der Waals surface area contributed by atoms with Crippen LogP contribution in [0, 0.1) is 5.92 Å². The fourth-order valence-electron chi connectivity index (χ4n) is 2.59. The van der Waals surface area contributed by atoms with E-state index in [0.29, 0.717) is 24.0 Å². The molecule has 1 aromatic carbocycles. The van der Waals surface area contributed by atoms with Crippen molar-refractivity contribution in [3.05, 3.63) is 24.3 Å². The minimum atomic E-state index is -0.328. The highest BCUT2D eigenvalue weighted by Gasteiger charge is 2.33. The lowest BCUT2D eigenvalue weighted by Crippen LogP contribution is -2.28. The van der Waals surface area contributed by atoms with Crippen LogP contribution in [0.4, 0.5) is 5.13 Å². The summed E-state index contributed by atoms with van der Waals surface area (Å²) in [6.07, 6.45) is 0.254. The largest absolute Gasteiger partial charge is 0.497 e. The van der Waals surface area contributed by atoms with Gasteiger partial charge in [-0.15, -0.1) is 0 Å². The fraction of sp³-hybridized carbons (Fsp3) is 0.375. The van der Waals surface area contributed by atoms with Gasteiger partial charge in [-0.25, -0.2) is 0 Å². The first-order valence-electron chi connectivity index (χ1n) is 7.67. The van der Waals surface area contributed by atoms with Crippen LogP contribution >= 0.6 is 11.5 Å². The summed E-state index contributed by atoms with van der Waals surface area (Å²) in [5.74, 6) is 0.820. The average molecular weight is 346 g/mol. The van der Waals surface area contributed by atoms with Crippen LogP contribution in [-0.4, -0.2) is 46.3 Å². The molecule has 0 saturated carbocycles. The molecule has 0 aliphatic carbocycles. The number of carbonyl (C=O) groups is 2. The SMILES string of the molecule is CCN1CC(C(=O)Nc2nc(-c3ccc(OC)cc3)ns2)CC1=O. The highest BCUT2D eigenvalue weighted by Crippen LogP contribution is 2.25. The number of ether oxygens (including phenoxy) is 1. The first-order valence-corrected chi connectivity index (χ1v) is 8.44. The third kappa shape index (κ3) is 3.38. The predicted molar refractivity (Wildman–Crippen MR) is 90.9 cm³/mol. The van der Waals surface area contributed by atoms with Crippen molar-refractivity contribution in [2.75, 3.05) is 25.5 Å². The van der Waals surface area contributed by atoms with Gasteiger partial charge in [0.2, 0.25) is 16.9 Å². The molecule has 2 amide bonds. The number of nitrogens with zero attached hydrogens (tertiary/aromatic N) is 3. The van der Waals surface area contributed by atoms with Crippen LogP contribution in [0.1, 0.15) is 13.3 Å². The van der Waals surface area contributed by atoms with Crippen molar-refractivity contribution in [2.24, 2.45) is 5.92 Å². The van der Waals surface area contributed by atoms with Crippen LogP contribution in [0.2, 0.25) is 0 Å². The highest BCUT2D eigenvalue weighted by atomic mass is 32.1. The Bertz CT molecular complexity index is 744. The van der Waals surface area contributed by atoms with Gasteiger partial charge >= 0.3 is 0 Å². The van der Waals surface area contributed by atoms with Crippen LogP contribution in [0.5, 0.6) is 5.75 Å². The summed E-state index contributed by atoms with van der Waals surface area (Å²) in [4.78, 5) is 30.0. The average Bonchev–Trinajstić information content (AvgIpc) is 3.21. The Labute approximate surface area is 143 Å². The molecule has 1 atom stereocenters. The number of benzene rings is 1. The number of likely N-dealkylation sites (tertiary alicyclic amines) is 1.